The molecule has 0 bridgehead atoms. The van der Waals surface area contributed by atoms with E-state index in [0.29, 0.717) is 13.2 Å². The first-order valence-corrected chi connectivity index (χ1v) is 11.3. The van der Waals surface area contributed by atoms with E-state index in [1.54, 1.807) is 29.6 Å². The highest BCUT2D eigenvalue weighted by Gasteiger charge is 2.50. The second kappa shape index (κ2) is 8.53. The Hall–Kier alpha value is -1.06. The number of nitrogens with two attached hydrogens (primary N) is 1. The molecule has 1 amide bonds. The average Bonchev–Trinajstić information content (AvgIpc) is 3.51. The van der Waals surface area contributed by atoms with Gasteiger partial charge in [0.25, 0.3) is 0 Å². The lowest BCUT2D eigenvalue weighted by atomic mass is 10.2. The summed E-state index contributed by atoms with van der Waals surface area (Å²) >= 11 is 6.67. The zero-order valence-corrected chi connectivity index (χ0v) is 18.3. The minimum absolute atomic E-state index is 0.169. The molecule has 0 spiro atoms. The van der Waals surface area contributed by atoms with Gasteiger partial charge in [-0.15, -0.1) is 11.3 Å². The van der Waals surface area contributed by atoms with Crippen LogP contribution in [0.15, 0.2) is 32.1 Å². The minimum Gasteiger partial charge on any atom is -0.367 e. The number of rotatable bonds is 8. The third-order valence-corrected chi connectivity index (χ3v) is 7.33. The molecule has 2 heterocycles. The Labute approximate surface area is 175 Å². The predicted molar refractivity (Wildman–Crippen MR) is 110 cm³/mol. The minimum atomic E-state index is -0.665. The van der Waals surface area contributed by atoms with E-state index in [1.165, 1.54) is 0 Å². The Morgan fingerprint density at radius 2 is 1.78 bits per heavy atom. The van der Waals surface area contributed by atoms with Gasteiger partial charge in [0.05, 0.1) is 17.0 Å². The Kier molecular flexibility index (Phi) is 6.53. The summed E-state index contributed by atoms with van der Waals surface area (Å²) in [5.41, 5.74) is 6.39. The SMILES string of the molecule is CC(=O)C1(OCc2ccsc2)CC1.NC(=O)C1(OCc2ccsc2Br)CC1. The van der Waals surface area contributed by atoms with Crippen LogP contribution in [0.4, 0.5) is 0 Å². The summed E-state index contributed by atoms with van der Waals surface area (Å²) in [6, 6.07) is 4.01. The maximum atomic E-state index is 11.2. The van der Waals surface area contributed by atoms with Crippen LogP contribution in [0.1, 0.15) is 43.7 Å². The van der Waals surface area contributed by atoms with Crippen LogP contribution in [0.3, 0.4) is 0 Å². The summed E-state index contributed by atoms with van der Waals surface area (Å²) in [5, 5.41) is 6.05. The molecule has 2 aliphatic carbocycles. The van der Waals surface area contributed by atoms with Gasteiger partial charge in [0.15, 0.2) is 5.78 Å². The molecule has 8 heteroatoms. The van der Waals surface area contributed by atoms with Crippen molar-refractivity contribution >= 4 is 50.3 Å². The van der Waals surface area contributed by atoms with Gasteiger partial charge in [-0.3, -0.25) is 9.59 Å². The predicted octanol–water partition coefficient (Wildman–Crippen LogP) is 4.43. The molecule has 4 rings (SSSR count). The van der Waals surface area contributed by atoms with Crippen LogP contribution < -0.4 is 5.73 Å². The first-order valence-electron chi connectivity index (χ1n) is 8.69. The van der Waals surface area contributed by atoms with Gasteiger partial charge in [-0.1, -0.05) is 0 Å². The van der Waals surface area contributed by atoms with E-state index in [0.717, 1.165) is 40.6 Å². The van der Waals surface area contributed by atoms with Crippen molar-refractivity contribution in [3.63, 3.8) is 0 Å². The largest absolute Gasteiger partial charge is 0.367 e. The van der Waals surface area contributed by atoms with E-state index in [-0.39, 0.29) is 11.7 Å². The topological polar surface area (TPSA) is 78.6 Å². The standard InChI is InChI=1S/C10H12O2S.C9H10BrNO2S/c1-8(11)10(3-4-10)12-6-9-2-5-13-7-9;10-7-6(1-4-14-7)5-13-9(2-3-9)8(11)12/h2,5,7H,3-4,6H2,1H3;1,4H,2-3,5H2,(H2,11,12). The van der Waals surface area contributed by atoms with Crippen LogP contribution in [0.2, 0.25) is 0 Å². The molecule has 0 aromatic carbocycles. The molecule has 0 atom stereocenters. The Morgan fingerprint density at radius 1 is 1.11 bits per heavy atom. The van der Waals surface area contributed by atoms with Crippen LogP contribution in [0.5, 0.6) is 0 Å². The van der Waals surface area contributed by atoms with Gasteiger partial charge >= 0.3 is 0 Å². The van der Waals surface area contributed by atoms with E-state index >= 15 is 0 Å². The maximum absolute atomic E-state index is 11.2. The van der Waals surface area contributed by atoms with Gasteiger partial charge in [0.2, 0.25) is 5.91 Å². The zero-order chi connectivity index (χ0) is 19.5. The van der Waals surface area contributed by atoms with Crippen molar-refractivity contribution in [2.75, 3.05) is 0 Å². The Morgan fingerprint density at radius 3 is 2.22 bits per heavy atom. The number of ketones is 1. The summed E-state index contributed by atoms with van der Waals surface area (Å²) in [6.45, 7) is 2.64. The van der Waals surface area contributed by atoms with Gasteiger partial charge in [-0.05, 0) is 82.4 Å². The average molecular weight is 472 g/mol. The smallest absolute Gasteiger partial charge is 0.249 e. The molecule has 2 aliphatic rings. The Balaban J connectivity index is 0.000000156. The molecule has 2 fully saturated rings. The van der Waals surface area contributed by atoms with Gasteiger partial charge in [-0.2, -0.15) is 11.3 Å². The third-order valence-electron chi connectivity index (χ3n) is 4.79. The molecule has 0 saturated heterocycles. The van der Waals surface area contributed by atoms with Crippen LogP contribution in [0, 0.1) is 0 Å². The fourth-order valence-electron chi connectivity index (χ4n) is 2.52. The lowest BCUT2D eigenvalue weighted by Gasteiger charge is -2.11. The third kappa shape index (κ3) is 5.26. The highest BCUT2D eigenvalue weighted by atomic mass is 79.9. The van der Waals surface area contributed by atoms with Crippen molar-refractivity contribution in [1.82, 2.24) is 0 Å². The second-order valence-corrected chi connectivity index (χ2v) is 9.85. The molecular weight excluding hydrogens is 450 g/mol. The number of amides is 1. The first kappa shape index (κ1) is 20.7. The molecule has 0 radical (unpaired) electrons. The van der Waals surface area contributed by atoms with Crippen molar-refractivity contribution in [2.45, 2.75) is 57.0 Å². The summed E-state index contributed by atoms with van der Waals surface area (Å²) in [5.74, 6) is -0.174. The van der Waals surface area contributed by atoms with Gasteiger partial charge in [-0.25, -0.2) is 0 Å². The molecule has 5 nitrogen and oxygen atoms in total. The molecule has 2 saturated carbocycles. The summed E-state index contributed by atoms with van der Waals surface area (Å²) < 4.78 is 12.2. The van der Waals surface area contributed by atoms with Crippen molar-refractivity contribution in [1.29, 1.82) is 0 Å². The molecule has 0 unspecified atom stereocenters. The zero-order valence-electron chi connectivity index (χ0n) is 15.0. The normalized spacial score (nSPS) is 18.3. The lowest BCUT2D eigenvalue weighted by Crippen LogP contribution is -2.33. The highest BCUT2D eigenvalue weighted by Crippen LogP contribution is 2.41. The lowest BCUT2D eigenvalue weighted by molar-refractivity contribution is -0.133. The van der Waals surface area contributed by atoms with Crippen LogP contribution in [-0.2, 0) is 32.3 Å². The number of hydrogen-bond acceptors (Lipinski definition) is 6. The second-order valence-electron chi connectivity index (χ2n) is 6.84. The van der Waals surface area contributed by atoms with E-state index in [2.05, 4.69) is 21.3 Å². The Bertz CT molecular complexity index is 795. The molecule has 146 valence electrons. The molecule has 2 aromatic rings. The van der Waals surface area contributed by atoms with Crippen molar-refractivity contribution in [2.24, 2.45) is 5.73 Å². The fourth-order valence-corrected chi connectivity index (χ4v) is 4.37. The quantitative estimate of drug-likeness (QED) is 0.617. The van der Waals surface area contributed by atoms with Crippen molar-refractivity contribution in [3.05, 3.63) is 43.2 Å². The molecular formula is C19H22BrNO4S2. The van der Waals surface area contributed by atoms with Gasteiger partial charge in [0, 0.05) is 5.56 Å². The number of ether oxygens (including phenoxy) is 2. The van der Waals surface area contributed by atoms with Crippen molar-refractivity contribution < 1.29 is 19.1 Å². The van der Waals surface area contributed by atoms with E-state index in [4.69, 9.17) is 15.2 Å². The summed E-state index contributed by atoms with van der Waals surface area (Å²) in [7, 11) is 0. The number of carbonyl (C=O) groups excluding carboxylic acids is 2. The molecule has 0 aliphatic heterocycles. The number of carbonyl (C=O) groups is 2. The number of halogens is 1. The fraction of sp³-hybridized carbons (Fsp3) is 0.474. The molecule has 2 N–H and O–H groups in total. The van der Waals surface area contributed by atoms with E-state index in [1.807, 2.05) is 22.9 Å². The number of primary amides is 1. The maximum Gasteiger partial charge on any atom is 0.249 e. The molecule has 2 aromatic heterocycles. The van der Waals surface area contributed by atoms with Crippen molar-refractivity contribution in [3.8, 4) is 0 Å². The monoisotopic (exact) mass is 471 g/mol. The highest BCUT2D eigenvalue weighted by molar-refractivity contribution is 9.11. The van der Waals surface area contributed by atoms with Crippen LogP contribution >= 0.6 is 38.6 Å². The number of Topliss-reactive ketones (excluding diaryl/α,β-unsaturated/α-hetero) is 1. The van der Waals surface area contributed by atoms with E-state index < -0.39 is 11.2 Å². The molecule has 27 heavy (non-hydrogen) atoms. The van der Waals surface area contributed by atoms with Gasteiger partial charge in [0.1, 0.15) is 11.2 Å². The number of thiophene rings is 2. The summed E-state index contributed by atoms with van der Waals surface area (Å²) in [6.07, 6.45) is 3.30. The van der Waals surface area contributed by atoms with E-state index in [9.17, 15) is 9.59 Å². The number of hydrogen-bond donors (Lipinski definition) is 1. The first-order chi connectivity index (χ1) is 12.9. The van der Waals surface area contributed by atoms with Crippen LogP contribution in [-0.4, -0.2) is 22.9 Å². The van der Waals surface area contributed by atoms with Gasteiger partial charge < -0.3 is 15.2 Å². The van der Waals surface area contributed by atoms with Crippen LogP contribution in [0.25, 0.3) is 0 Å². The summed E-state index contributed by atoms with van der Waals surface area (Å²) in [4.78, 5) is 22.2.